The maximum Gasteiger partial charge on any atom is 0.310 e. The normalized spacial score (nSPS) is 11.4. The van der Waals surface area contributed by atoms with Gasteiger partial charge in [0.2, 0.25) is 0 Å². The maximum atomic E-state index is 12.3. The molecule has 37 heavy (non-hydrogen) atoms. The van der Waals surface area contributed by atoms with E-state index in [-0.39, 0.29) is 30.6 Å². The van der Waals surface area contributed by atoms with Crippen LogP contribution in [-0.4, -0.2) is 27.3 Å². The third-order valence-electron chi connectivity index (χ3n) is 6.36. The average molecular weight is 496 g/mol. The molecule has 2 aromatic heterocycles. The van der Waals surface area contributed by atoms with Gasteiger partial charge in [0.15, 0.2) is 0 Å². The number of aromatic nitrogens is 3. The van der Waals surface area contributed by atoms with Crippen LogP contribution in [0.25, 0.3) is 32.8 Å². The average Bonchev–Trinajstić information content (AvgIpc) is 3.27. The first-order chi connectivity index (χ1) is 17.9. The molecular formula is C30H29N3O4. The number of nitrogens with one attached hydrogen (secondary N) is 1. The number of pyridine rings is 1. The standard InChI is InChI=1S/C30H29N3O4/c1-4-36-29(34)17-23-7-5-6-8-28(23)37-18-26-25-16-22(11-12-27(25)33(32-26)19(2)3)21-10-9-20-13-14-31-30(35)24(20)15-21/h5-16,19H,4,17-18H2,1-3H3,(H,31,35). The molecule has 188 valence electrons. The summed E-state index contributed by atoms with van der Waals surface area (Å²) in [6.45, 7) is 6.57. The zero-order valence-electron chi connectivity index (χ0n) is 21.2. The first-order valence-electron chi connectivity index (χ1n) is 12.4. The van der Waals surface area contributed by atoms with Gasteiger partial charge in [0.25, 0.3) is 5.56 Å². The molecule has 0 atom stereocenters. The van der Waals surface area contributed by atoms with Gasteiger partial charge in [0, 0.05) is 28.6 Å². The van der Waals surface area contributed by atoms with Gasteiger partial charge in [-0.15, -0.1) is 0 Å². The Balaban J connectivity index is 1.50. The van der Waals surface area contributed by atoms with E-state index in [1.807, 2.05) is 53.2 Å². The Hall–Kier alpha value is -4.39. The lowest BCUT2D eigenvalue weighted by atomic mass is 10.0. The second kappa shape index (κ2) is 10.3. The molecule has 0 amide bonds. The topological polar surface area (TPSA) is 86.2 Å². The Bertz CT molecular complexity index is 1650. The number of rotatable bonds is 8. The Labute approximate surface area is 214 Å². The number of H-pyrrole nitrogens is 1. The molecule has 0 saturated heterocycles. The van der Waals surface area contributed by atoms with Crippen molar-refractivity contribution < 1.29 is 14.3 Å². The highest BCUT2D eigenvalue weighted by molar-refractivity contribution is 5.91. The molecule has 0 saturated carbocycles. The molecule has 0 fully saturated rings. The summed E-state index contributed by atoms with van der Waals surface area (Å²) in [5, 5.41) is 7.40. The van der Waals surface area contributed by atoms with E-state index in [1.54, 1.807) is 13.1 Å². The van der Waals surface area contributed by atoms with Crippen LogP contribution in [0.5, 0.6) is 5.75 Å². The van der Waals surface area contributed by atoms with Crippen LogP contribution in [0.3, 0.4) is 0 Å². The molecule has 7 heteroatoms. The summed E-state index contributed by atoms with van der Waals surface area (Å²) in [7, 11) is 0. The van der Waals surface area contributed by atoms with E-state index < -0.39 is 0 Å². The van der Waals surface area contributed by atoms with Gasteiger partial charge in [0.05, 0.1) is 18.5 Å². The second-order valence-corrected chi connectivity index (χ2v) is 9.20. The molecule has 0 spiro atoms. The van der Waals surface area contributed by atoms with Crippen LogP contribution < -0.4 is 10.3 Å². The summed E-state index contributed by atoms with van der Waals surface area (Å²) >= 11 is 0. The van der Waals surface area contributed by atoms with Crippen LogP contribution in [0.1, 0.15) is 38.1 Å². The molecule has 3 aromatic carbocycles. The number of fused-ring (bicyclic) bond motifs is 2. The summed E-state index contributed by atoms with van der Waals surface area (Å²) in [6, 6.07) is 21.7. The Morgan fingerprint density at radius 2 is 1.76 bits per heavy atom. The molecule has 0 bridgehead atoms. The van der Waals surface area contributed by atoms with E-state index in [0.29, 0.717) is 17.7 Å². The van der Waals surface area contributed by atoms with Crippen molar-refractivity contribution in [3.63, 3.8) is 0 Å². The molecule has 1 N–H and O–H groups in total. The minimum absolute atomic E-state index is 0.108. The van der Waals surface area contributed by atoms with E-state index in [1.165, 1.54) is 0 Å². The van der Waals surface area contributed by atoms with Gasteiger partial charge < -0.3 is 14.5 Å². The number of hydrogen-bond acceptors (Lipinski definition) is 5. The largest absolute Gasteiger partial charge is 0.487 e. The van der Waals surface area contributed by atoms with Crippen LogP contribution in [-0.2, 0) is 22.6 Å². The summed E-state index contributed by atoms with van der Waals surface area (Å²) in [5.74, 6) is 0.347. The van der Waals surface area contributed by atoms with Gasteiger partial charge in [0.1, 0.15) is 18.1 Å². The first-order valence-corrected chi connectivity index (χ1v) is 12.4. The zero-order valence-corrected chi connectivity index (χ0v) is 21.2. The fourth-order valence-corrected chi connectivity index (χ4v) is 4.55. The quantitative estimate of drug-likeness (QED) is 0.275. The minimum Gasteiger partial charge on any atom is -0.487 e. The SMILES string of the molecule is CCOC(=O)Cc1ccccc1OCc1nn(C(C)C)c2ccc(-c3ccc4cc[nH]c(=O)c4c3)cc12. The maximum absolute atomic E-state index is 12.3. The Morgan fingerprint density at radius 3 is 2.54 bits per heavy atom. The number of esters is 1. The van der Waals surface area contributed by atoms with E-state index in [4.69, 9.17) is 14.6 Å². The van der Waals surface area contributed by atoms with E-state index >= 15 is 0 Å². The second-order valence-electron chi connectivity index (χ2n) is 9.20. The smallest absolute Gasteiger partial charge is 0.310 e. The van der Waals surface area contributed by atoms with E-state index in [9.17, 15) is 9.59 Å². The van der Waals surface area contributed by atoms with Crippen molar-refractivity contribution in [3.05, 3.63) is 94.5 Å². The van der Waals surface area contributed by atoms with Crippen LogP contribution in [0, 0.1) is 0 Å². The first kappa shape index (κ1) is 24.3. The van der Waals surface area contributed by atoms with E-state index in [0.717, 1.165) is 38.7 Å². The van der Waals surface area contributed by atoms with Crippen molar-refractivity contribution in [1.29, 1.82) is 0 Å². The van der Waals surface area contributed by atoms with Crippen molar-refractivity contribution >= 4 is 27.6 Å². The molecule has 5 rings (SSSR count). The Kier molecular flexibility index (Phi) is 6.77. The number of ether oxygens (including phenoxy) is 2. The molecule has 0 radical (unpaired) electrons. The number of nitrogens with zero attached hydrogens (tertiary/aromatic N) is 2. The number of para-hydroxylation sites is 1. The summed E-state index contributed by atoms with van der Waals surface area (Å²) in [5.41, 5.74) is 4.42. The van der Waals surface area contributed by atoms with Crippen molar-refractivity contribution in [1.82, 2.24) is 14.8 Å². The molecule has 2 heterocycles. The third-order valence-corrected chi connectivity index (χ3v) is 6.36. The highest BCUT2D eigenvalue weighted by Crippen LogP contribution is 2.30. The number of aromatic amines is 1. The van der Waals surface area contributed by atoms with Gasteiger partial charge in [-0.25, -0.2) is 0 Å². The van der Waals surface area contributed by atoms with Crippen molar-refractivity contribution in [2.24, 2.45) is 0 Å². The highest BCUT2D eigenvalue weighted by Gasteiger charge is 2.16. The molecule has 5 aromatic rings. The monoisotopic (exact) mass is 495 g/mol. The van der Waals surface area contributed by atoms with Gasteiger partial charge in [-0.3, -0.25) is 14.3 Å². The fourth-order valence-electron chi connectivity index (χ4n) is 4.55. The number of carbonyl (C=O) groups is 1. The molecule has 0 unspecified atom stereocenters. The van der Waals surface area contributed by atoms with Gasteiger partial charge in [-0.05, 0) is 67.6 Å². The van der Waals surface area contributed by atoms with Gasteiger partial charge in [-0.2, -0.15) is 5.10 Å². The summed E-state index contributed by atoms with van der Waals surface area (Å²) in [4.78, 5) is 27.1. The van der Waals surface area contributed by atoms with Crippen molar-refractivity contribution in [2.45, 2.75) is 39.8 Å². The minimum atomic E-state index is -0.285. The van der Waals surface area contributed by atoms with Gasteiger partial charge >= 0.3 is 5.97 Å². The lowest BCUT2D eigenvalue weighted by Crippen LogP contribution is -2.09. The predicted octanol–water partition coefficient (Wildman–Crippen LogP) is 5.81. The van der Waals surface area contributed by atoms with Gasteiger partial charge in [-0.1, -0.05) is 36.4 Å². The summed E-state index contributed by atoms with van der Waals surface area (Å²) < 4.78 is 13.3. The van der Waals surface area contributed by atoms with Crippen molar-refractivity contribution in [3.8, 4) is 16.9 Å². The van der Waals surface area contributed by atoms with Crippen molar-refractivity contribution in [2.75, 3.05) is 6.61 Å². The fraction of sp³-hybridized carbons (Fsp3) is 0.233. The molecule has 0 aliphatic carbocycles. The van der Waals surface area contributed by atoms with Crippen LogP contribution in [0.4, 0.5) is 0 Å². The zero-order chi connectivity index (χ0) is 25.9. The lowest BCUT2D eigenvalue weighted by molar-refractivity contribution is -0.142. The lowest BCUT2D eigenvalue weighted by Gasteiger charge is -2.10. The number of carbonyl (C=O) groups excluding carboxylic acids is 1. The molecule has 0 aliphatic heterocycles. The van der Waals surface area contributed by atoms with Crippen LogP contribution in [0.2, 0.25) is 0 Å². The van der Waals surface area contributed by atoms with Crippen LogP contribution >= 0.6 is 0 Å². The third kappa shape index (κ3) is 4.98. The number of benzene rings is 3. The molecular weight excluding hydrogens is 466 g/mol. The predicted molar refractivity (Wildman–Crippen MR) is 145 cm³/mol. The summed E-state index contributed by atoms with van der Waals surface area (Å²) in [6.07, 6.45) is 1.81. The molecule has 0 aliphatic rings. The van der Waals surface area contributed by atoms with E-state index in [2.05, 4.69) is 37.0 Å². The number of hydrogen-bond donors (Lipinski definition) is 1. The Morgan fingerprint density at radius 1 is 1.00 bits per heavy atom. The highest BCUT2D eigenvalue weighted by atomic mass is 16.5. The molecule has 7 nitrogen and oxygen atoms in total. The van der Waals surface area contributed by atoms with Crippen LogP contribution in [0.15, 0.2) is 77.7 Å².